The molecule has 5 nitrogen and oxygen atoms in total. The van der Waals surface area contributed by atoms with Crippen LogP contribution in [0.2, 0.25) is 0 Å². The Labute approximate surface area is 116 Å². The standard InChI is InChI=1S/C15H16N2O3/c18-12-6-8-16-17-9-7-13(19)15(14(12)17)20-10-11-4-2-1-3-5-11/h1-5,7,9,12,16,18H,6,8,10H2. The summed E-state index contributed by atoms with van der Waals surface area (Å²) in [5.74, 6) is 0.219. The van der Waals surface area contributed by atoms with Crippen molar-refractivity contribution >= 4 is 0 Å². The highest BCUT2D eigenvalue weighted by Crippen LogP contribution is 2.26. The van der Waals surface area contributed by atoms with E-state index in [1.807, 2.05) is 30.3 Å². The van der Waals surface area contributed by atoms with Gasteiger partial charge in [-0.3, -0.25) is 9.47 Å². The average Bonchev–Trinajstić information content (AvgIpc) is 2.48. The van der Waals surface area contributed by atoms with E-state index < -0.39 is 6.10 Å². The maximum Gasteiger partial charge on any atom is 0.223 e. The van der Waals surface area contributed by atoms with Gasteiger partial charge in [0.15, 0.2) is 5.75 Å². The predicted octanol–water partition coefficient (Wildman–Crippen LogP) is 1.41. The van der Waals surface area contributed by atoms with Gasteiger partial charge in [-0.2, -0.15) is 0 Å². The fraction of sp³-hybridized carbons (Fsp3) is 0.267. The molecule has 0 fully saturated rings. The van der Waals surface area contributed by atoms with Crippen molar-refractivity contribution in [2.45, 2.75) is 19.1 Å². The number of ether oxygens (including phenoxy) is 1. The van der Waals surface area contributed by atoms with Crippen molar-refractivity contribution in [3.63, 3.8) is 0 Å². The van der Waals surface area contributed by atoms with E-state index in [4.69, 9.17) is 4.74 Å². The van der Waals surface area contributed by atoms with E-state index >= 15 is 0 Å². The van der Waals surface area contributed by atoms with E-state index in [9.17, 15) is 9.90 Å². The van der Waals surface area contributed by atoms with Crippen LogP contribution in [0.15, 0.2) is 47.4 Å². The number of nitrogens with one attached hydrogen (secondary N) is 1. The Morgan fingerprint density at radius 3 is 2.90 bits per heavy atom. The number of fused-ring (bicyclic) bond motifs is 1. The second kappa shape index (κ2) is 5.38. The number of pyridine rings is 1. The van der Waals surface area contributed by atoms with Crippen molar-refractivity contribution in [2.75, 3.05) is 12.0 Å². The van der Waals surface area contributed by atoms with Crippen LogP contribution in [-0.4, -0.2) is 16.3 Å². The van der Waals surface area contributed by atoms with Crippen LogP contribution in [-0.2, 0) is 6.61 Å². The van der Waals surface area contributed by atoms with Gasteiger partial charge < -0.3 is 15.3 Å². The third-order valence-corrected chi connectivity index (χ3v) is 3.33. The lowest BCUT2D eigenvalue weighted by atomic mass is 10.1. The number of aliphatic hydroxyl groups is 1. The summed E-state index contributed by atoms with van der Waals surface area (Å²) in [4.78, 5) is 12.0. The highest BCUT2D eigenvalue weighted by atomic mass is 16.5. The van der Waals surface area contributed by atoms with Gasteiger partial charge in [0.1, 0.15) is 18.4 Å². The molecular formula is C15H16N2O3. The molecule has 0 saturated heterocycles. The first-order chi connectivity index (χ1) is 9.75. The molecule has 1 aliphatic rings. The van der Waals surface area contributed by atoms with Crippen molar-refractivity contribution in [3.8, 4) is 5.75 Å². The van der Waals surface area contributed by atoms with Gasteiger partial charge in [-0.05, 0) is 12.0 Å². The van der Waals surface area contributed by atoms with Crippen LogP contribution in [0.1, 0.15) is 23.8 Å². The van der Waals surface area contributed by atoms with E-state index in [2.05, 4.69) is 5.43 Å². The molecule has 2 heterocycles. The Bertz CT molecular complexity index is 652. The molecule has 1 atom stereocenters. The number of hydrogen-bond acceptors (Lipinski definition) is 4. The summed E-state index contributed by atoms with van der Waals surface area (Å²) >= 11 is 0. The lowest BCUT2D eigenvalue weighted by Gasteiger charge is -2.26. The Kier molecular flexibility index (Phi) is 3.43. The number of benzene rings is 1. The van der Waals surface area contributed by atoms with Crippen LogP contribution in [0, 0.1) is 0 Å². The molecule has 3 rings (SSSR count). The average molecular weight is 272 g/mol. The Balaban J connectivity index is 1.91. The Morgan fingerprint density at radius 2 is 2.10 bits per heavy atom. The molecule has 2 aromatic rings. The largest absolute Gasteiger partial charge is 0.483 e. The molecule has 0 amide bonds. The minimum Gasteiger partial charge on any atom is -0.483 e. The number of rotatable bonds is 3. The molecule has 1 aromatic carbocycles. The summed E-state index contributed by atoms with van der Waals surface area (Å²) in [5, 5.41) is 10.1. The molecule has 1 unspecified atom stereocenters. The van der Waals surface area contributed by atoms with Gasteiger partial charge in [-0.15, -0.1) is 0 Å². The summed E-state index contributed by atoms with van der Waals surface area (Å²) in [7, 11) is 0. The molecule has 0 radical (unpaired) electrons. The normalized spacial score (nSPS) is 17.1. The van der Waals surface area contributed by atoms with Gasteiger partial charge in [0, 0.05) is 18.8 Å². The first-order valence-electron chi connectivity index (χ1n) is 6.60. The molecular weight excluding hydrogens is 256 g/mol. The maximum absolute atomic E-state index is 12.0. The summed E-state index contributed by atoms with van der Waals surface area (Å²) in [6.07, 6.45) is 1.50. The van der Waals surface area contributed by atoms with Gasteiger partial charge >= 0.3 is 0 Å². The lowest BCUT2D eigenvalue weighted by Crippen LogP contribution is -2.31. The summed E-state index contributed by atoms with van der Waals surface area (Å²) in [6.45, 7) is 0.967. The van der Waals surface area contributed by atoms with Gasteiger partial charge in [-0.25, -0.2) is 0 Å². The van der Waals surface area contributed by atoms with E-state index in [0.29, 0.717) is 25.3 Å². The minimum atomic E-state index is -0.684. The lowest BCUT2D eigenvalue weighted by molar-refractivity contribution is 0.144. The van der Waals surface area contributed by atoms with Crippen molar-refractivity contribution in [3.05, 3.63) is 64.1 Å². The van der Waals surface area contributed by atoms with E-state index in [1.54, 1.807) is 10.9 Å². The van der Waals surface area contributed by atoms with Gasteiger partial charge in [0.25, 0.3) is 0 Å². The molecule has 5 heteroatoms. The molecule has 2 N–H and O–H groups in total. The number of nitrogens with zero attached hydrogens (tertiary/aromatic N) is 1. The second-order valence-electron chi connectivity index (χ2n) is 4.75. The zero-order chi connectivity index (χ0) is 13.9. The first-order valence-corrected chi connectivity index (χ1v) is 6.60. The van der Waals surface area contributed by atoms with Crippen molar-refractivity contribution in [1.29, 1.82) is 0 Å². The highest BCUT2D eigenvalue weighted by Gasteiger charge is 2.23. The van der Waals surface area contributed by atoms with Crippen LogP contribution in [0.4, 0.5) is 0 Å². The second-order valence-corrected chi connectivity index (χ2v) is 4.75. The smallest absolute Gasteiger partial charge is 0.223 e. The fourth-order valence-electron chi connectivity index (χ4n) is 2.32. The molecule has 0 bridgehead atoms. The SMILES string of the molecule is O=c1ccn2c(c1OCc1ccccc1)C(O)CCN2. The summed E-state index contributed by atoms with van der Waals surface area (Å²) in [5.41, 5.74) is 4.36. The number of aliphatic hydroxyl groups excluding tert-OH is 1. The van der Waals surface area contributed by atoms with E-state index in [1.165, 1.54) is 6.07 Å². The van der Waals surface area contributed by atoms with Gasteiger partial charge in [0.05, 0.1) is 0 Å². The molecule has 1 aromatic heterocycles. The van der Waals surface area contributed by atoms with Crippen LogP contribution < -0.4 is 15.6 Å². The highest BCUT2D eigenvalue weighted by molar-refractivity contribution is 5.32. The molecule has 0 spiro atoms. The molecule has 20 heavy (non-hydrogen) atoms. The summed E-state index contributed by atoms with van der Waals surface area (Å²) in [6, 6.07) is 11.1. The van der Waals surface area contributed by atoms with Gasteiger partial charge in [-0.1, -0.05) is 30.3 Å². The predicted molar refractivity (Wildman–Crippen MR) is 75.3 cm³/mol. The monoisotopic (exact) mass is 272 g/mol. The minimum absolute atomic E-state index is 0.213. The van der Waals surface area contributed by atoms with Crippen molar-refractivity contribution in [2.24, 2.45) is 0 Å². The third kappa shape index (κ3) is 2.40. The maximum atomic E-state index is 12.0. The zero-order valence-corrected chi connectivity index (χ0v) is 11.0. The fourth-order valence-corrected chi connectivity index (χ4v) is 2.32. The van der Waals surface area contributed by atoms with Crippen LogP contribution in [0.25, 0.3) is 0 Å². The Morgan fingerprint density at radius 1 is 1.30 bits per heavy atom. The zero-order valence-electron chi connectivity index (χ0n) is 11.0. The molecule has 1 aliphatic heterocycles. The van der Waals surface area contributed by atoms with Crippen molar-refractivity contribution < 1.29 is 9.84 Å². The quantitative estimate of drug-likeness (QED) is 0.886. The molecule has 0 aliphatic carbocycles. The van der Waals surface area contributed by atoms with Gasteiger partial charge in [0.2, 0.25) is 5.43 Å². The number of aromatic nitrogens is 1. The van der Waals surface area contributed by atoms with E-state index in [-0.39, 0.29) is 11.2 Å². The third-order valence-electron chi connectivity index (χ3n) is 3.33. The van der Waals surface area contributed by atoms with E-state index in [0.717, 1.165) is 5.56 Å². The molecule has 0 saturated carbocycles. The Hall–Kier alpha value is -2.27. The van der Waals surface area contributed by atoms with Crippen LogP contribution in [0.5, 0.6) is 5.75 Å². The number of hydrogen-bond donors (Lipinski definition) is 2. The molecule has 104 valence electrons. The van der Waals surface area contributed by atoms with Crippen molar-refractivity contribution in [1.82, 2.24) is 4.68 Å². The summed E-state index contributed by atoms with van der Waals surface area (Å²) < 4.78 is 7.32. The first kappa shape index (κ1) is 12.7. The van der Waals surface area contributed by atoms with Crippen LogP contribution in [0.3, 0.4) is 0 Å². The van der Waals surface area contributed by atoms with Crippen LogP contribution >= 0.6 is 0 Å². The topological polar surface area (TPSA) is 63.5 Å².